The van der Waals surface area contributed by atoms with Crippen molar-refractivity contribution in [2.24, 2.45) is 11.8 Å². The molecule has 0 saturated heterocycles. The highest BCUT2D eigenvalue weighted by molar-refractivity contribution is 7.88. The lowest BCUT2D eigenvalue weighted by Gasteiger charge is -2.35. The highest BCUT2D eigenvalue weighted by Crippen LogP contribution is 2.50. The Morgan fingerprint density at radius 1 is 0.746 bits per heavy atom. The molecule has 13 heteroatoms. The summed E-state index contributed by atoms with van der Waals surface area (Å²) >= 11 is 0. The highest BCUT2D eigenvalue weighted by Gasteiger charge is 2.49. The summed E-state index contributed by atoms with van der Waals surface area (Å²) in [5.74, 6) is 0.710. The SMILES string of the molecule is C=C(C)[C@@H]1CCC(C)=C[C@H]1c1c(O)cc(CCCCCCC)cc1O.C=C(C)[C@@H]1CCC(C)=C[C@H]1c1c(O[Si](C)(C)C)cc(OS(=O)(=O)C(F)(F)F)cc1O[Si](C)(C)C. The summed E-state index contributed by atoms with van der Waals surface area (Å²) in [6, 6.07) is 6.17. The van der Waals surface area contributed by atoms with Crippen LogP contribution in [0, 0.1) is 11.8 Å². The molecule has 0 heterocycles. The number of allylic oxidation sites excluding steroid dienone is 6. The lowest BCUT2D eigenvalue weighted by molar-refractivity contribution is -0.0500. The minimum Gasteiger partial charge on any atom is -0.544 e. The molecule has 0 aromatic heterocycles. The second kappa shape index (κ2) is 20.4. The van der Waals surface area contributed by atoms with Gasteiger partial charge in [-0.1, -0.05) is 80.2 Å². The summed E-state index contributed by atoms with van der Waals surface area (Å²) in [5.41, 5.74) is 1.43. The Labute approximate surface area is 354 Å². The molecule has 0 unspecified atom stereocenters. The molecule has 2 aliphatic carbocycles. The first-order chi connectivity index (χ1) is 27.1. The molecule has 0 amide bonds. The van der Waals surface area contributed by atoms with E-state index in [1.165, 1.54) is 49.0 Å². The molecule has 2 aromatic rings. The lowest BCUT2D eigenvalue weighted by atomic mass is 9.73. The van der Waals surface area contributed by atoms with Crippen molar-refractivity contribution in [3.05, 3.63) is 88.6 Å². The normalized spacial score (nSPS) is 20.1. The first-order valence-electron chi connectivity index (χ1n) is 20.9. The van der Waals surface area contributed by atoms with E-state index in [0.717, 1.165) is 55.2 Å². The van der Waals surface area contributed by atoms with Crippen LogP contribution in [-0.2, 0) is 16.5 Å². The molecule has 2 aliphatic rings. The Morgan fingerprint density at radius 3 is 1.56 bits per heavy atom. The zero-order valence-electron chi connectivity index (χ0n) is 37.2. The van der Waals surface area contributed by atoms with Crippen LogP contribution in [0.3, 0.4) is 0 Å². The summed E-state index contributed by atoms with van der Waals surface area (Å²) in [6.45, 7) is 30.3. The number of alkyl halides is 3. The molecular weight excluding hydrogens is 810 g/mol. The minimum atomic E-state index is -5.86. The molecule has 0 radical (unpaired) electrons. The predicted molar refractivity (Wildman–Crippen MR) is 240 cm³/mol. The summed E-state index contributed by atoms with van der Waals surface area (Å²) in [7, 11) is -10.4. The van der Waals surface area contributed by atoms with Gasteiger partial charge in [0.05, 0.1) is 0 Å². The topological polar surface area (TPSA) is 102 Å². The van der Waals surface area contributed by atoms with Crippen molar-refractivity contribution < 1.29 is 44.8 Å². The first-order valence-corrected chi connectivity index (χ1v) is 29.1. The van der Waals surface area contributed by atoms with E-state index in [2.05, 4.69) is 43.3 Å². The van der Waals surface area contributed by atoms with E-state index in [9.17, 15) is 31.8 Å². The number of aromatic hydroxyl groups is 2. The Kier molecular flexibility index (Phi) is 17.3. The molecule has 2 N–H and O–H groups in total. The number of unbranched alkanes of at least 4 members (excludes halogenated alkanes) is 4. The minimum absolute atomic E-state index is 0.0184. The molecule has 4 rings (SSSR count). The van der Waals surface area contributed by atoms with Gasteiger partial charge in [-0.3, -0.25) is 0 Å². The van der Waals surface area contributed by atoms with Crippen molar-refractivity contribution in [3.63, 3.8) is 0 Å². The average Bonchev–Trinajstić information content (AvgIpc) is 3.06. The van der Waals surface area contributed by atoms with Gasteiger partial charge in [0.2, 0.25) is 16.6 Å². The third kappa shape index (κ3) is 14.6. The smallest absolute Gasteiger partial charge is 0.534 e. The summed E-state index contributed by atoms with van der Waals surface area (Å²) in [5, 5.41) is 21.3. The highest BCUT2D eigenvalue weighted by atomic mass is 32.2. The van der Waals surface area contributed by atoms with E-state index in [1.54, 1.807) is 0 Å². The lowest BCUT2D eigenvalue weighted by Crippen LogP contribution is -2.33. The van der Waals surface area contributed by atoms with Crippen molar-refractivity contribution in [1.29, 1.82) is 0 Å². The van der Waals surface area contributed by atoms with E-state index in [0.29, 0.717) is 11.1 Å². The third-order valence-corrected chi connectivity index (χ3v) is 13.2. The van der Waals surface area contributed by atoms with E-state index in [1.807, 2.05) is 72.2 Å². The van der Waals surface area contributed by atoms with Crippen molar-refractivity contribution in [3.8, 4) is 28.7 Å². The zero-order valence-corrected chi connectivity index (χ0v) is 40.1. The van der Waals surface area contributed by atoms with Gasteiger partial charge >= 0.3 is 15.6 Å². The molecule has 0 spiro atoms. The molecule has 0 bridgehead atoms. The second-order valence-corrected chi connectivity index (χ2v) is 28.9. The number of rotatable bonds is 16. The van der Waals surface area contributed by atoms with Crippen LogP contribution in [0.4, 0.5) is 13.2 Å². The van der Waals surface area contributed by atoms with Gasteiger partial charge in [0, 0.05) is 35.1 Å². The van der Waals surface area contributed by atoms with Gasteiger partial charge in [0.15, 0.2) is 0 Å². The number of hydrogen-bond donors (Lipinski definition) is 2. The fourth-order valence-corrected chi connectivity index (χ4v) is 9.97. The predicted octanol–water partition coefficient (Wildman–Crippen LogP) is 14.0. The van der Waals surface area contributed by atoms with E-state index < -0.39 is 38.0 Å². The van der Waals surface area contributed by atoms with Crippen LogP contribution in [0.5, 0.6) is 28.7 Å². The monoisotopic (exact) mass is 878 g/mol. The molecule has 330 valence electrons. The Balaban J connectivity index is 0.000000330. The maximum Gasteiger partial charge on any atom is 0.534 e. The molecule has 0 aliphatic heterocycles. The third-order valence-electron chi connectivity index (χ3n) is 10.6. The number of aryl methyl sites for hydroxylation is 1. The molecule has 0 saturated carbocycles. The first kappa shape index (κ1) is 49.9. The Bertz CT molecular complexity index is 1910. The molecule has 2 aromatic carbocycles. The number of halogens is 3. The van der Waals surface area contributed by atoms with Crippen LogP contribution in [-0.4, -0.2) is 40.8 Å². The van der Waals surface area contributed by atoms with E-state index in [-0.39, 0.29) is 46.7 Å². The maximum atomic E-state index is 13.0. The van der Waals surface area contributed by atoms with Crippen molar-refractivity contribution in [2.75, 3.05) is 0 Å². The van der Waals surface area contributed by atoms with E-state index in [4.69, 9.17) is 8.85 Å². The van der Waals surface area contributed by atoms with Gasteiger partial charge in [-0.2, -0.15) is 21.6 Å². The van der Waals surface area contributed by atoms with Crippen molar-refractivity contribution in [1.82, 2.24) is 0 Å². The molecule has 7 nitrogen and oxygen atoms in total. The maximum absolute atomic E-state index is 13.0. The van der Waals surface area contributed by atoms with Gasteiger partial charge < -0.3 is 23.2 Å². The largest absolute Gasteiger partial charge is 0.544 e. The number of benzene rings is 2. The van der Waals surface area contributed by atoms with Crippen LogP contribution in [0.25, 0.3) is 0 Å². The molecular formula is C46H69F3O7SSi2. The second-order valence-electron chi connectivity index (χ2n) is 18.5. The number of phenols is 2. The standard InChI is InChI=1S/C23H35F3O5SSi2.C23H34O2/c1-15(2)18-11-10-16(3)12-19(18)22-20(30-33(4,5)6)13-17(14-21(22)31-34(7,8)9)29-32(27,28)23(24,25)26;1-5-6-7-8-9-10-18-14-21(24)23(22(25)15-18)20-13-17(4)11-12-19(20)16(2)3/h12-14,18-19H,1,10-11H2,2-9H3;13-15,19-20,24-25H,2,5-12H2,1,3-4H3/t18-,19+;19-,20+/m00/s1. The average molecular weight is 879 g/mol. The van der Waals surface area contributed by atoms with Gasteiger partial charge in [-0.15, -0.1) is 0 Å². The Morgan fingerprint density at radius 2 is 1.17 bits per heavy atom. The van der Waals surface area contributed by atoms with Gasteiger partial charge in [0.25, 0.3) is 0 Å². The van der Waals surface area contributed by atoms with Crippen molar-refractivity contribution >= 4 is 26.8 Å². The summed E-state index contributed by atoms with van der Waals surface area (Å²) in [6.07, 6.45) is 15.2. The van der Waals surface area contributed by atoms with Crippen LogP contribution in [0.1, 0.15) is 121 Å². The molecule has 0 fully saturated rings. The fraction of sp³-hybridized carbons (Fsp3) is 0.565. The van der Waals surface area contributed by atoms with Gasteiger partial charge in [-0.05, 0) is 135 Å². The van der Waals surface area contributed by atoms with Crippen LogP contribution >= 0.6 is 0 Å². The van der Waals surface area contributed by atoms with Crippen molar-refractivity contribution in [2.45, 2.75) is 155 Å². The van der Waals surface area contributed by atoms with Gasteiger partial charge in [0.1, 0.15) is 28.7 Å². The molecule has 4 atom stereocenters. The van der Waals surface area contributed by atoms with Crippen LogP contribution in [0.15, 0.2) is 71.9 Å². The summed E-state index contributed by atoms with van der Waals surface area (Å²) in [4.78, 5) is 0. The molecule has 59 heavy (non-hydrogen) atoms. The fourth-order valence-electron chi connectivity index (χ4n) is 7.87. The number of hydrogen-bond acceptors (Lipinski definition) is 7. The van der Waals surface area contributed by atoms with Crippen LogP contribution in [0.2, 0.25) is 39.3 Å². The Hall–Kier alpha value is -3.43. The quantitative estimate of drug-likeness (QED) is 0.0569. The van der Waals surface area contributed by atoms with Crippen LogP contribution < -0.4 is 13.0 Å². The zero-order chi connectivity index (χ0) is 44.7. The van der Waals surface area contributed by atoms with Gasteiger partial charge in [-0.25, -0.2) is 0 Å². The van der Waals surface area contributed by atoms with E-state index >= 15 is 0 Å². The number of phenolic OH excluding ortho intramolecular Hbond substituents is 2. The summed E-state index contributed by atoms with van der Waals surface area (Å²) < 4.78 is 79.7.